The Morgan fingerprint density at radius 1 is 0.974 bits per heavy atom. The first kappa shape index (κ1) is 27.5. The molecule has 10 nitrogen and oxygen atoms in total. The largest absolute Gasteiger partial charge is 0.423 e. The maximum absolute atomic E-state index is 12.5. The average molecular weight is 515 g/mol. The van der Waals surface area contributed by atoms with E-state index in [9.17, 15) is 24.5 Å². The third-order valence-corrected chi connectivity index (χ3v) is 5.08. The van der Waals surface area contributed by atoms with Crippen molar-refractivity contribution < 1.29 is 24.0 Å². The van der Waals surface area contributed by atoms with E-state index in [0.29, 0.717) is 5.69 Å². The van der Waals surface area contributed by atoms with E-state index in [2.05, 4.69) is 15.8 Å². The van der Waals surface area contributed by atoms with Gasteiger partial charge in [-0.3, -0.25) is 19.7 Å². The summed E-state index contributed by atoms with van der Waals surface area (Å²) in [6.45, 7) is 5.37. The highest BCUT2D eigenvalue weighted by Crippen LogP contribution is 2.23. The molecule has 0 aliphatic heterocycles. The molecule has 0 aliphatic rings. The molecule has 3 rings (SSSR count). The first-order chi connectivity index (χ1) is 18.0. The quantitative estimate of drug-likeness (QED) is 0.109. The summed E-state index contributed by atoms with van der Waals surface area (Å²) >= 11 is 0. The average Bonchev–Trinajstić information content (AvgIpc) is 2.88. The monoisotopic (exact) mass is 514 g/mol. The lowest BCUT2D eigenvalue weighted by Crippen LogP contribution is -2.27. The minimum absolute atomic E-state index is 0.0234. The topological polar surface area (TPSA) is 140 Å². The molecule has 0 bridgehead atoms. The molecule has 0 heterocycles. The van der Waals surface area contributed by atoms with E-state index in [4.69, 9.17) is 4.74 Å². The van der Waals surface area contributed by atoms with Crippen LogP contribution in [0.5, 0.6) is 5.75 Å². The van der Waals surface area contributed by atoms with Crippen LogP contribution in [-0.4, -0.2) is 28.9 Å². The lowest BCUT2D eigenvalue weighted by atomic mass is 9.95. The normalized spacial score (nSPS) is 11.3. The van der Waals surface area contributed by atoms with Crippen LogP contribution in [0.2, 0.25) is 0 Å². The highest BCUT2D eigenvalue weighted by Gasteiger charge is 2.21. The fraction of sp³-hybridized carbons (Fsp3) is 0.143. The van der Waals surface area contributed by atoms with Gasteiger partial charge in [0.1, 0.15) is 5.75 Å². The third-order valence-electron chi connectivity index (χ3n) is 5.08. The number of esters is 1. The van der Waals surface area contributed by atoms with Gasteiger partial charge in [-0.05, 0) is 42.0 Å². The van der Waals surface area contributed by atoms with E-state index in [1.807, 2.05) is 30.3 Å². The summed E-state index contributed by atoms with van der Waals surface area (Å²) in [6, 6.07) is 19.0. The number of nitrogens with one attached hydrogen (secondary N) is 2. The van der Waals surface area contributed by atoms with E-state index in [1.165, 1.54) is 36.4 Å². The number of hydrogen-bond donors (Lipinski definition) is 2. The molecule has 0 radical (unpaired) electrons. The molecule has 3 aromatic carbocycles. The Balaban J connectivity index is 1.69. The van der Waals surface area contributed by atoms with Crippen molar-refractivity contribution in [3.05, 3.63) is 106 Å². The van der Waals surface area contributed by atoms with Crippen LogP contribution in [0.1, 0.15) is 42.3 Å². The van der Waals surface area contributed by atoms with Gasteiger partial charge in [-0.1, -0.05) is 51.1 Å². The Hall–Kier alpha value is -5.12. The number of carbonyl (C=O) groups excluding carboxylic acids is 3. The molecule has 0 atom stereocenters. The SMILES string of the molecule is CC(C)(C)C(=O)Nc1ccc(C(=O)N/N=C/c2cc([N+](=O)[O-])ccc2OC(=O)/C=C/c2ccccc2)cc1. The molecule has 0 unspecified atom stereocenters. The van der Waals surface area contributed by atoms with Crippen molar-refractivity contribution in [3.8, 4) is 5.75 Å². The summed E-state index contributed by atoms with van der Waals surface area (Å²) < 4.78 is 5.33. The van der Waals surface area contributed by atoms with Crippen molar-refractivity contribution in [1.29, 1.82) is 0 Å². The van der Waals surface area contributed by atoms with Gasteiger partial charge in [0.05, 0.1) is 11.1 Å². The molecule has 0 saturated heterocycles. The van der Waals surface area contributed by atoms with Gasteiger partial charge in [0.25, 0.3) is 11.6 Å². The number of rotatable bonds is 8. The standard InChI is InChI=1S/C28H26N4O6/c1-28(2,3)27(35)30-22-12-10-20(11-13-22)26(34)31-29-18-21-17-23(32(36)37)14-15-24(21)38-25(33)16-9-19-7-5-4-6-8-19/h4-18H,1-3H3,(H,30,35)(H,31,34)/b16-9+,29-18+. The Bertz CT molecular complexity index is 1390. The Morgan fingerprint density at radius 2 is 1.66 bits per heavy atom. The van der Waals surface area contributed by atoms with Gasteiger partial charge in [0, 0.05) is 40.4 Å². The zero-order valence-electron chi connectivity index (χ0n) is 21.0. The van der Waals surface area contributed by atoms with Crippen LogP contribution >= 0.6 is 0 Å². The summed E-state index contributed by atoms with van der Waals surface area (Å²) in [5.41, 5.74) is 3.23. The number of hydrazone groups is 1. The number of hydrogen-bond acceptors (Lipinski definition) is 7. The number of benzene rings is 3. The van der Waals surface area contributed by atoms with Crippen LogP contribution in [0, 0.1) is 15.5 Å². The maximum Gasteiger partial charge on any atom is 0.336 e. The summed E-state index contributed by atoms with van der Waals surface area (Å²) in [7, 11) is 0. The molecule has 194 valence electrons. The van der Waals surface area contributed by atoms with Crippen LogP contribution < -0.4 is 15.5 Å². The van der Waals surface area contributed by atoms with Gasteiger partial charge in [0.15, 0.2) is 0 Å². The number of carbonyl (C=O) groups is 3. The van der Waals surface area contributed by atoms with Crippen molar-refractivity contribution >= 4 is 41.4 Å². The van der Waals surface area contributed by atoms with Crippen LogP contribution in [0.3, 0.4) is 0 Å². The number of amides is 2. The molecule has 0 spiro atoms. The highest BCUT2D eigenvalue weighted by molar-refractivity contribution is 5.97. The number of ether oxygens (including phenoxy) is 1. The molecule has 2 N–H and O–H groups in total. The second-order valence-corrected chi connectivity index (χ2v) is 9.12. The van der Waals surface area contributed by atoms with E-state index in [1.54, 1.807) is 39.0 Å². The molecule has 2 amide bonds. The van der Waals surface area contributed by atoms with E-state index in [-0.39, 0.29) is 28.5 Å². The smallest absolute Gasteiger partial charge is 0.336 e. The second-order valence-electron chi connectivity index (χ2n) is 9.12. The molecular weight excluding hydrogens is 488 g/mol. The molecule has 38 heavy (non-hydrogen) atoms. The van der Waals surface area contributed by atoms with E-state index >= 15 is 0 Å². The van der Waals surface area contributed by atoms with Gasteiger partial charge in [-0.15, -0.1) is 0 Å². The van der Waals surface area contributed by atoms with Crippen molar-refractivity contribution in [2.45, 2.75) is 20.8 Å². The molecule has 3 aromatic rings. The zero-order chi connectivity index (χ0) is 27.7. The lowest BCUT2D eigenvalue weighted by Gasteiger charge is -2.17. The van der Waals surface area contributed by atoms with Crippen LogP contribution in [-0.2, 0) is 9.59 Å². The summed E-state index contributed by atoms with van der Waals surface area (Å²) in [5.74, 6) is -1.39. The molecule has 10 heteroatoms. The first-order valence-corrected chi connectivity index (χ1v) is 11.5. The third kappa shape index (κ3) is 7.95. The van der Waals surface area contributed by atoms with Crippen LogP contribution in [0.15, 0.2) is 84.0 Å². The Labute approximate surface area is 219 Å². The number of non-ortho nitro benzene ring substituents is 1. The Morgan fingerprint density at radius 3 is 2.29 bits per heavy atom. The maximum atomic E-state index is 12.5. The predicted molar refractivity (Wildman–Crippen MR) is 144 cm³/mol. The van der Waals surface area contributed by atoms with E-state index in [0.717, 1.165) is 11.8 Å². The van der Waals surface area contributed by atoms with Gasteiger partial charge < -0.3 is 10.1 Å². The van der Waals surface area contributed by atoms with Crippen molar-refractivity contribution in [2.24, 2.45) is 10.5 Å². The summed E-state index contributed by atoms with van der Waals surface area (Å²) in [4.78, 5) is 47.5. The second kappa shape index (κ2) is 12.2. The minimum Gasteiger partial charge on any atom is -0.423 e. The van der Waals surface area contributed by atoms with Crippen molar-refractivity contribution in [2.75, 3.05) is 5.32 Å². The predicted octanol–water partition coefficient (Wildman–Crippen LogP) is 4.96. The van der Waals surface area contributed by atoms with Crippen molar-refractivity contribution in [1.82, 2.24) is 5.43 Å². The van der Waals surface area contributed by atoms with Gasteiger partial charge in [0.2, 0.25) is 5.91 Å². The molecule has 0 fully saturated rings. The molecule has 0 saturated carbocycles. The fourth-order valence-corrected chi connectivity index (χ4v) is 2.96. The molecule has 0 aliphatic carbocycles. The van der Waals surface area contributed by atoms with Gasteiger partial charge in [-0.25, -0.2) is 10.2 Å². The van der Waals surface area contributed by atoms with Gasteiger partial charge in [-0.2, -0.15) is 5.10 Å². The number of nitrogens with zero attached hydrogens (tertiary/aromatic N) is 2. The molecule has 0 aromatic heterocycles. The Kier molecular flexibility index (Phi) is 8.83. The number of nitro groups is 1. The first-order valence-electron chi connectivity index (χ1n) is 11.5. The summed E-state index contributed by atoms with van der Waals surface area (Å²) in [6.07, 6.45) is 3.95. The zero-order valence-corrected chi connectivity index (χ0v) is 21.0. The fourth-order valence-electron chi connectivity index (χ4n) is 2.96. The summed E-state index contributed by atoms with van der Waals surface area (Å²) in [5, 5.41) is 17.8. The van der Waals surface area contributed by atoms with Crippen LogP contribution in [0.25, 0.3) is 6.08 Å². The molecular formula is C28H26N4O6. The number of anilines is 1. The minimum atomic E-state index is -0.694. The van der Waals surface area contributed by atoms with Crippen molar-refractivity contribution in [3.63, 3.8) is 0 Å². The van der Waals surface area contributed by atoms with E-state index < -0.39 is 22.2 Å². The van der Waals surface area contributed by atoms with Gasteiger partial charge >= 0.3 is 5.97 Å². The number of nitro benzene ring substituents is 1. The lowest BCUT2D eigenvalue weighted by molar-refractivity contribution is -0.384. The highest BCUT2D eigenvalue weighted by atomic mass is 16.6. The van der Waals surface area contributed by atoms with Crippen LogP contribution in [0.4, 0.5) is 11.4 Å².